The Hall–Kier alpha value is -0.950. The zero-order valence-corrected chi connectivity index (χ0v) is 8.38. The summed E-state index contributed by atoms with van der Waals surface area (Å²) in [5, 5.41) is 10.0. The van der Waals surface area contributed by atoms with Crippen LogP contribution in [-0.2, 0) is 0 Å². The third-order valence-electron chi connectivity index (χ3n) is 2.08. The summed E-state index contributed by atoms with van der Waals surface area (Å²) in [6.07, 6.45) is 0.844. The Morgan fingerprint density at radius 2 is 2.00 bits per heavy atom. The van der Waals surface area contributed by atoms with Crippen LogP contribution in [0.3, 0.4) is 0 Å². The number of halogens is 1. The van der Waals surface area contributed by atoms with Crippen molar-refractivity contribution < 1.29 is 5.11 Å². The van der Waals surface area contributed by atoms with Gasteiger partial charge in [0.25, 0.3) is 0 Å². The molecule has 0 heterocycles. The van der Waals surface area contributed by atoms with Crippen molar-refractivity contribution in [1.29, 1.82) is 0 Å². The Labute approximate surface area is 83.7 Å². The number of allylic oxidation sites excluding steroid dienone is 1. The molecule has 0 aliphatic rings. The first-order valence-corrected chi connectivity index (χ1v) is 4.66. The molecule has 0 saturated carbocycles. The molecule has 1 unspecified atom stereocenters. The van der Waals surface area contributed by atoms with Crippen molar-refractivity contribution in [3.05, 3.63) is 47.2 Å². The Morgan fingerprint density at radius 3 is 2.38 bits per heavy atom. The van der Waals surface area contributed by atoms with Gasteiger partial charge in [-0.2, -0.15) is 0 Å². The van der Waals surface area contributed by atoms with Crippen LogP contribution in [0.25, 0.3) is 0 Å². The van der Waals surface area contributed by atoms with Crippen LogP contribution in [0.2, 0.25) is 5.02 Å². The third-order valence-corrected chi connectivity index (χ3v) is 2.33. The van der Waals surface area contributed by atoms with Crippen LogP contribution in [0, 0.1) is 0 Å². The lowest BCUT2D eigenvalue weighted by Crippen LogP contribution is -1.99. The minimum absolute atomic E-state index is 0.0252. The fraction of sp³-hybridized carbons (Fsp3) is 0.273. The van der Waals surface area contributed by atoms with Crippen LogP contribution in [0.5, 0.6) is 0 Å². The zero-order valence-electron chi connectivity index (χ0n) is 7.63. The minimum atomic E-state index is 0.0252. The summed E-state index contributed by atoms with van der Waals surface area (Å²) in [5.74, 6) is 0.238. The SMILES string of the molecule is C=C(O)C(CC)c1ccc(Cl)cc1. The molecule has 1 N–H and O–H groups in total. The van der Waals surface area contributed by atoms with Crippen molar-refractivity contribution in [2.75, 3.05) is 0 Å². The monoisotopic (exact) mass is 196 g/mol. The predicted octanol–water partition coefficient (Wildman–Crippen LogP) is 3.91. The highest BCUT2D eigenvalue weighted by atomic mass is 35.5. The summed E-state index contributed by atoms with van der Waals surface area (Å²) < 4.78 is 0. The lowest BCUT2D eigenvalue weighted by Gasteiger charge is -2.13. The van der Waals surface area contributed by atoms with E-state index in [0.717, 1.165) is 12.0 Å². The molecule has 0 fully saturated rings. The maximum atomic E-state index is 9.31. The van der Waals surface area contributed by atoms with E-state index in [2.05, 4.69) is 6.58 Å². The van der Waals surface area contributed by atoms with Crippen molar-refractivity contribution in [3.63, 3.8) is 0 Å². The van der Waals surface area contributed by atoms with Gasteiger partial charge >= 0.3 is 0 Å². The Bertz CT molecular complexity index is 289. The molecule has 1 atom stereocenters. The number of aliphatic hydroxyl groups excluding tert-OH is 1. The first-order valence-electron chi connectivity index (χ1n) is 4.28. The second-order valence-electron chi connectivity index (χ2n) is 3.00. The first kappa shape index (κ1) is 10.1. The molecule has 1 aromatic carbocycles. The molecule has 0 spiro atoms. The molecule has 0 saturated heterocycles. The molecule has 1 rings (SSSR count). The molecule has 1 nitrogen and oxygen atoms in total. The van der Waals surface area contributed by atoms with E-state index in [1.165, 1.54) is 0 Å². The largest absolute Gasteiger partial charge is 0.512 e. The van der Waals surface area contributed by atoms with Gasteiger partial charge in [0.05, 0.1) is 5.76 Å². The van der Waals surface area contributed by atoms with Gasteiger partial charge in [0.15, 0.2) is 0 Å². The van der Waals surface area contributed by atoms with Gasteiger partial charge in [0, 0.05) is 10.9 Å². The maximum Gasteiger partial charge on any atom is 0.0925 e. The molecule has 13 heavy (non-hydrogen) atoms. The molecule has 0 aliphatic heterocycles. The summed E-state index contributed by atoms with van der Waals surface area (Å²) in [6, 6.07) is 7.47. The molecule has 2 heteroatoms. The molecule has 0 radical (unpaired) electrons. The maximum absolute atomic E-state index is 9.31. The molecule has 0 bridgehead atoms. The van der Waals surface area contributed by atoms with Gasteiger partial charge in [-0.1, -0.05) is 37.2 Å². The fourth-order valence-corrected chi connectivity index (χ4v) is 1.48. The van der Waals surface area contributed by atoms with Crippen LogP contribution in [0.4, 0.5) is 0 Å². The van der Waals surface area contributed by atoms with E-state index in [9.17, 15) is 5.11 Å². The Morgan fingerprint density at radius 1 is 1.46 bits per heavy atom. The highest BCUT2D eigenvalue weighted by Crippen LogP contribution is 2.25. The average Bonchev–Trinajstić information content (AvgIpc) is 2.09. The second-order valence-corrected chi connectivity index (χ2v) is 3.44. The van der Waals surface area contributed by atoms with E-state index in [1.54, 1.807) is 0 Å². The highest BCUT2D eigenvalue weighted by molar-refractivity contribution is 6.30. The number of aliphatic hydroxyl groups is 1. The summed E-state index contributed by atoms with van der Waals surface area (Å²) in [7, 11) is 0. The Kier molecular flexibility index (Phi) is 3.38. The van der Waals surface area contributed by atoms with Crippen LogP contribution < -0.4 is 0 Å². The lowest BCUT2D eigenvalue weighted by atomic mass is 9.95. The molecular weight excluding hydrogens is 184 g/mol. The number of hydrogen-bond acceptors (Lipinski definition) is 1. The zero-order chi connectivity index (χ0) is 9.84. The normalized spacial score (nSPS) is 12.5. The number of benzene rings is 1. The van der Waals surface area contributed by atoms with Gasteiger partial charge in [-0.3, -0.25) is 0 Å². The smallest absolute Gasteiger partial charge is 0.0925 e. The quantitative estimate of drug-likeness (QED) is 0.727. The van der Waals surface area contributed by atoms with Crippen LogP contribution in [0.1, 0.15) is 24.8 Å². The van der Waals surface area contributed by atoms with Crippen molar-refractivity contribution in [2.24, 2.45) is 0 Å². The molecule has 1 aromatic rings. The Balaban J connectivity index is 2.92. The van der Waals surface area contributed by atoms with Gasteiger partial charge in [-0.15, -0.1) is 0 Å². The van der Waals surface area contributed by atoms with Crippen LogP contribution >= 0.6 is 11.6 Å². The van der Waals surface area contributed by atoms with E-state index < -0.39 is 0 Å². The molecule has 0 amide bonds. The highest BCUT2D eigenvalue weighted by Gasteiger charge is 2.11. The lowest BCUT2D eigenvalue weighted by molar-refractivity contribution is 0.366. The van der Waals surface area contributed by atoms with Crippen molar-refractivity contribution in [3.8, 4) is 0 Å². The average molecular weight is 197 g/mol. The standard InChI is InChI=1S/C11H13ClO/c1-3-11(8(2)13)9-4-6-10(12)7-5-9/h4-7,11,13H,2-3H2,1H3. The predicted molar refractivity (Wildman–Crippen MR) is 56.3 cm³/mol. The van der Waals surface area contributed by atoms with Gasteiger partial charge < -0.3 is 5.11 Å². The van der Waals surface area contributed by atoms with Crippen molar-refractivity contribution in [2.45, 2.75) is 19.3 Å². The van der Waals surface area contributed by atoms with E-state index in [-0.39, 0.29) is 11.7 Å². The van der Waals surface area contributed by atoms with Crippen LogP contribution in [0.15, 0.2) is 36.6 Å². The van der Waals surface area contributed by atoms with E-state index in [0.29, 0.717) is 5.02 Å². The molecule has 0 aromatic heterocycles. The van der Waals surface area contributed by atoms with Gasteiger partial charge in [-0.05, 0) is 24.1 Å². The van der Waals surface area contributed by atoms with Gasteiger partial charge in [0.1, 0.15) is 0 Å². The molecule has 0 aliphatic carbocycles. The van der Waals surface area contributed by atoms with Crippen molar-refractivity contribution in [1.82, 2.24) is 0 Å². The van der Waals surface area contributed by atoms with E-state index in [1.807, 2.05) is 31.2 Å². The van der Waals surface area contributed by atoms with Gasteiger partial charge in [-0.25, -0.2) is 0 Å². The van der Waals surface area contributed by atoms with Crippen LogP contribution in [-0.4, -0.2) is 5.11 Å². The minimum Gasteiger partial charge on any atom is -0.512 e. The fourth-order valence-electron chi connectivity index (χ4n) is 1.36. The second kappa shape index (κ2) is 4.33. The summed E-state index contributed by atoms with van der Waals surface area (Å²) >= 11 is 5.75. The van der Waals surface area contributed by atoms with E-state index >= 15 is 0 Å². The van der Waals surface area contributed by atoms with E-state index in [4.69, 9.17) is 11.6 Å². The summed E-state index contributed by atoms with van der Waals surface area (Å²) in [5.41, 5.74) is 1.06. The molecule has 70 valence electrons. The number of rotatable bonds is 3. The molecular formula is C11H13ClO. The van der Waals surface area contributed by atoms with Gasteiger partial charge in [0.2, 0.25) is 0 Å². The summed E-state index contributed by atoms with van der Waals surface area (Å²) in [6.45, 7) is 5.56. The topological polar surface area (TPSA) is 20.2 Å². The third kappa shape index (κ3) is 2.49. The van der Waals surface area contributed by atoms with Crippen molar-refractivity contribution >= 4 is 11.6 Å². The number of hydrogen-bond donors (Lipinski definition) is 1. The first-order chi connectivity index (χ1) is 6.15. The summed E-state index contributed by atoms with van der Waals surface area (Å²) in [4.78, 5) is 0.